The first-order valence-electron chi connectivity index (χ1n) is 8.28. The van der Waals surface area contributed by atoms with Gasteiger partial charge in [0, 0.05) is 25.2 Å². The molecule has 2 aliphatic rings. The molecule has 4 heteroatoms. The number of hydrogen-bond donors (Lipinski definition) is 0. The lowest BCUT2D eigenvalue weighted by Crippen LogP contribution is -2.56. The van der Waals surface area contributed by atoms with Gasteiger partial charge < -0.3 is 9.32 Å². The van der Waals surface area contributed by atoms with Crippen LogP contribution >= 0.6 is 0 Å². The highest BCUT2D eigenvalue weighted by Gasteiger charge is 2.44. The summed E-state index contributed by atoms with van der Waals surface area (Å²) in [5.74, 6) is 1.66. The first kappa shape index (κ1) is 15.3. The second-order valence-corrected chi connectivity index (χ2v) is 6.72. The van der Waals surface area contributed by atoms with Crippen LogP contribution in [0.1, 0.15) is 47.6 Å². The molecule has 2 fully saturated rings. The average Bonchev–Trinajstić information content (AvgIpc) is 3.02. The summed E-state index contributed by atoms with van der Waals surface area (Å²) in [7, 11) is 0. The fraction of sp³-hybridized carbons (Fsp3) is 0.611. The van der Waals surface area contributed by atoms with Crippen molar-refractivity contribution in [2.24, 2.45) is 0 Å². The summed E-state index contributed by atoms with van der Waals surface area (Å²) in [6.45, 7) is 11.4. The van der Waals surface area contributed by atoms with Crippen LogP contribution in [0.25, 0.3) is 0 Å². The van der Waals surface area contributed by atoms with E-state index in [2.05, 4.69) is 11.5 Å². The maximum absolute atomic E-state index is 12.9. The molecular weight excluding hydrogens is 276 g/mol. The van der Waals surface area contributed by atoms with Gasteiger partial charge in [0.1, 0.15) is 11.5 Å². The molecule has 0 saturated carbocycles. The van der Waals surface area contributed by atoms with E-state index in [-0.39, 0.29) is 11.4 Å². The van der Waals surface area contributed by atoms with Crippen molar-refractivity contribution in [2.75, 3.05) is 26.2 Å². The number of nitrogens with zero attached hydrogens (tertiary/aromatic N) is 2. The molecule has 2 aliphatic heterocycles. The molecule has 1 aromatic rings. The molecular formula is C18H26N2O2. The Kier molecular flexibility index (Phi) is 4.13. The number of piperidine rings is 1. The molecule has 0 aromatic carbocycles. The summed E-state index contributed by atoms with van der Waals surface area (Å²) in [5, 5.41) is 0. The average molecular weight is 302 g/mol. The molecule has 1 aromatic heterocycles. The van der Waals surface area contributed by atoms with Crippen molar-refractivity contribution in [3.05, 3.63) is 35.8 Å². The zero-order chi connectivity index (χ0) is 15.7. The van der Waals surface area contributed by atoms with Crippen LogP contribution in [-0.4, -0.2) is 47.4 Å². The number of likely N-dealkylation sites (tertiary alicyclic amines) is 2. The summed E-state index contributed by atoms with van der Waals surface area (Å²) in [4.78, 5) is 17.4. The Balaban J connectivity index is 1.79. The van der Waals surface area contributed by atoms with Gasteiger partial charge in [-0.3, -0.25) is 9.69 Å². The van der Waals surface area contributed by atoms with Gasteiger partial charge in [-0.2, -0.15) is 0 Å². The number of carbonyl (C=O) groups excluding carboxylic acids is 1. The summed E-state index contributed by atoms with van der Waals surface area (Å²) in [5.41, 5.74) is 0.886. The molecule has 22 heavy (non-hydrogen) atoms. The highest BCUT2D eigenvalue weighted by atomic mass is 16.3. The van der Waals surface area contributed by atoms with Crippen molar-refractivity contribution >= 4 is 5.91 Å². The van der Waals surface area contributed by atoms with Crippen molar-refractivity contribution < 1.29 is 9.21 Å². The summed E-state index contributed by atoms with van der Waals surface area (Å²) in [6.07, 6.45) is 6.66. The molecule has 1 spiro atoms. The first-order chi connectivity index (χ1) is 10.6. The van der Waals surface area contributed by atoms with Crippen LogP contribution < -0.4 is 0 Å². The van der Waals surface area contributed by atoms with Gasteiger partial charge >= 0.3 is 0 Å². The van der Waals surface area contributed by atoms with Gasteiger partial charge in [0.25, 0.3) is 5.91 Å². The van der Waals surface area contributed by atoms with Crippen molar-refractivity contribution in [2.45, 2.75) is 45.1 Å². The van der Waals surface area contributed by atoms with Crippen LogP contribution in [0.5, 0.6) is 0 Å². The monoisotopic (exact) mass is 302 g/mol. The van der Waals surface area contributed by atoms with Gasteiger partial charge in [-0.05, 0) is 52.1 Å². The molecule has 0 bridgehead atoms. The topological polar surface area (TPSA) is 36.7 Å². The number of hydrogen-bond acceptors (Lipinski definition) is 3. The lowest BCUT2D eigenvalue weighted by molar-refractivity contribution is 0.0365. The van der Waals surface area contributed by atoms with Crippen LogP contribution in [0, 0.1) is 13.8 Å². The molecule has 3 heterocycles. The van der Waals surface area contributed by atoms with Crippen molar-refractivity contribution in [3.63, 3.8) is 0 Å². The van der Waals surface area contributed by atoms with Gasteiger partial charge in [-0.25, -0.2) is 0 Å². The Bertz CT molecular complexity index is 578. The Morgan fingerprint density at radius 1 is 1.36 bits per heavy atom. The van der Waals surface area contributed by atoms with Crippen LogP contribution in [0.4, 0.5) is 0 Å². The van der Waals surface area contributed by atoms with Gasteiger partial charge in [0.05, 0.1) is 5.56 Å². The standard InChI is InChI=1S/C18H26N2O2/c1-4-9-20-11-6-8-18(20)7-5-10-19(13-18)17(21)16-12-14(2)22-15(16)3/h4,12H,1,5-11,13H2,2-3H3. The number of amides is 1. The Labute approximate surface area is 132 Å². The fourth-order valence-corrected chi connectivity index (χ4v) is 4.20. The minimum absolute atomic E-state index is 0.124. The number of furan rings is 1. The maximum atomic E-state index is 12.9. The minimum Gasteiger partial charge on any atom is -0.466 e. The largest absolute Gasteiger partial charge is 0.466 e. The van der Waals surface area contributed by atoms with Crippen molar-refractivity contribution in [1.82, 2.24) is 9.80 Å². The Morgan fingerprint density at radius 3 is 2.73 bits per heavy atom. The third-order valence-corrected chi connectivity index (χ3v) is 5.20. The van der Waals surface area contributed by atoms with Crippen LogP contribution in [0.2, 0.25) is 0 Å². The van der Waals surface area contributed by atoms with E-state index in [0.717, 1.165) is 49.7 Å². The van der Waals surface area contributed by atoms with Crippen LogP contribution in [0.15, 0.2) is 23.1 Å². The predicted molar refractivity (Wildman–Crippen MR) is 87.1 cm³/mol. The third-order valence-electron chi connectivity index (χ3n) is 5.20. The Hall–Kier alpha value is -1.55. The second-order valence-electron chi connectivity index (χ2n) is 6.72. The fourth-order valence-electron chi connectivity index (χ4n) is 4.20. The van der Waals surface area contributed by atoms with Gasteiger partial charge in [-0.15, -0.1) is 6.58 Å². The zero-order valence-electron chi connectivity index (χ0n) is 13.7. The molecule has 0 aliphatic carbocycles. The van der Waals surface area contributed by atoms with Gasteiger partial charge in [-0.1, -0.05) is 6.08 Å². The predicted octanol–water partition coefficient (Wildman–Crippen LogP) is 3.15. The number of rotatable bonds is 3. The van der Waals surface area contributed by atoms with E-state index in [1.54, 1.807) is 0 Å². The third kappa shape index (κ3) is 2.60. The lowest BCUT2D eigenvalue weighted by atomic mass is 9.86. The van der Waals surface area contributed by atoms with E-state index in [9.17, 15) is 4.79 Å². The van der Waals surface area contributed by atoms with Gasteiger partial charge in [0.15, 0.2) is 0 Å². The van der Waals surface area contributed by atoms with E-state index in [1.807, 2.05) is 30.9 Å². The lowest BCUT2D eigenvalue weighted by Gasteiger charge is -2.45. The summed E-state index contributed by atoms with van der Waals surface area (Å²) >= 11 is 0. The molecule has 1 amide bonds. The summed E-state index contributed by atoms with van der Waals surface area (Å²) in [6, 6.07) is 1.87. The summed E-state index contributed by atoms with van der Waals surface area (Å²) < 4.78 is 5.53. The number of carbonyl (C=O) groups is 1. The molecule has 3 rings (SSSR count). The second kappa shape index (κ2) is 5.92. The van der Waals surface area contributed by atoms with E-state index in [0.29, 0.717) is 0 Å². The SMILES string of the molecule is C=CCN1CCCC12CCCN(C(=O)c1cc(C)oc1C)C2. The first-order valence-corrected chi connectivity index (χ1v) is 8.28. The molecule has 120 valence electrons. The zero-order valence-corrected chi connectivity index (χ0v) is 13.7. The minimum atomic E-state index is 0.124. The molecule has 0 N–H and O–H groups in total. The quantitative estimate of drug-likeness (QED) is 0.805. The van der Waals surface area contributed by atoms with E-state index in [4.69, 9.17) is 4.42 Å². The van der Waals surface area contributed by atoms with E-state index >= 15 is 0 Å². The number of aryl methyl sites for hydroxylation is 2. The van der Waals surface area contributed by atoms with Crippen LogP contribution in [0.3, 0.4) is 0 Å². The maximum Gasteiger partial charge on any atom is 0.257 e. The molecule has 4 nitrogen and oxygen atoms in total. The van der Waals surface area contributed by atoms with Gasteiger partial charge in [0.2, 0.25) is 0 Å². The van der Waals surface area contributed by atoms with Crippen molar-refractivity contribution in [1.29, 1.82) is 0 Å². The van der Waals surface area contributed by atoms with Crippen molar-refractivity contribution in [3.8, 4) is 0 Å². The molecule has 2 saturated heterocycles. The smallest absolute Gasteiger partial charge is 0.257 e. The van der Waals surface area contributed by atoms with E-state index in [1.165, 1.54) is 19.3 Å². The highest BCUT2D eigenvalue weighted by molar-refractivity contribution is 5.95. The molecule has 0 radical (unpaired) electrons. The Morgan fingerprint density at radius 2 is 2.09 bits per heavy atom. The van der Waals surface area contributed by atoms with E-state index < -0.39 is 0 Å². The van der Waals surface area contributed by atoms with Crippen LogP contribution in [-0.2, 0) is 0 Å². The normalized spacial score (nSPS) is 25.8. The highest BCUT2D eigenvalue weighted by Crippen LogP contribution is 2.37. The molecule has 1 atom stereocenters. The molecule has 1 unspecified atom stereocenters.